The van der Waals surface area contributed by atoms with Crippen LogP contribution >= 0.6 is 11.3 Å². The number of thiophene rings is 1. The molecule has 0 unspecified atom stereocenters. The van der Waals surface area contributed by atoms with Crippen molar-refractivity contribution in [2.24, 2.45) is 11.8 Å². The molecule has 0 aliphatic carbocycles. The Morgan fingerprint density at radius 3 is 3.00 bits per heavy atom. The third kappa shape index (κ3) is 4.32. The van der Waals surface area contributed by atoms with Crippen molar-refractivity contribution in [1.29, 1.82) is 0 Å². The summed E-state index contributed by atoms with van der Waals surface area (Å²) in [6.07, 6.45) is 0.501. The lowest BCUT2D eigenvalue weighted by atomic mass is 9.85. The van der Waals surface area contributed by atoms with Crippen LogP contribution in [0.5, 0.6) is 0 Å². The van der Waals surface area contributed by atoms with Crippen molar-refractivity contribution in [2.45, 2.75) is 58.0 Å². The number of likely N-dealkylation sites (tertiary alicyclic amines) is 1. The summed E-state index contributed by atoms with van der Waals surface area (Å²) in [5.41, 5.74) is 0.738. The Kier molecular flexibility index (Phi) is 5.90. The van der Waals surface area contributed by atoms with E-state index in [1.807, 2.05) is 36.3 Å². The van der Waals surface area contributed by atoms with Gasteiger partial charge in [0.25, 0.3) is 6.43 Å². The van der Waals surface area contributed by atoms with Gasteiger partial charge in [-0.3, -0.25) is 4.79 Å². The molecule has 158 valence electrons. The van der Waals surface area contributed by atoms with Crippen molar-refractivity contribution in [3.05, 3.63) is 34.2 Å². The number of hydrogen-bond acceptors (Lipinski definition) is 4. The zero-order chi connectivity index (χ0) is 20.5. The second kappa shape index (κ2) is 8.42. The zero-order valence-electron chi connectivity index (χ0n) is 16.9. The Labute approximate surface area is 174 Å². The summed E-state index contributed by atoms with van der Waals surface area (Å²) in [5, 5.41) is 9.71. The number of hydrogen-bond donors (Lipinski definition) is 1. The van der Waals surface area contributed by atoms with Crippen LogP contribution in [0.4, 0.5) is 14.6 Å². The minimum atomic E-state index is -2.45. The fraction of sp³-hybridized carbons (Fsp3) is 0.619. The molecule has 0 aromatic carbocycles. The number of carbonyl (C=O) groups excluding carboxylic acids is 1. The SMILES string of the molecule is Cc1cc2n(n1)[C@@H](C(F)F)C[C@@H]([C@H]1CCCN(C(=O)[C@@H](C)Cc3cccs3)C1)N2. The lowest BCUT2D eigenvalue weighted by molar-refractivity contribution is -0.137. The molecule has 8 heteroatoms. The number of nitrogens with one attached hydrogen (secondary N) is 1. The van der Waals surface area contributed by atoms with Gasteiger partial charge in [-0.05, 0) is 50.0 Å². The largest absolute Gasteiger partial charge is 0.367 e. The molecule has 2 aliphatic rings. The third-order valence-electron chi connectivity index (χ3n) is 6.14. The van der Waals surface area contributed by atoms with E-state index in [4.69, 9.17) is 0 Å². The van der Waals surface area contributed by atoms with E-state index in [1.165, 1.54) is 9.56 Å². The molecule has 0 saturated carbocycles. The molecule has 1 N–H and O–H groups in total. The summed E-state index contributed by atoms with van der Waals surface area (Å²) in [7, 11) is 0. The number of rotatable bonds is 5. The van der Waals surface area contributed by atoms with Gasteiger partial charge in [-0.2, -0.15) is 5.10 Å². The van der Waals surface area contributed by atoms with Crippen LogP contribution in [0, 0.1) is 18.8 Å². The number of anilines is 1. The summed E-state index contributed by atoms with van der Waals surface area (Å²) in [4.78, 5) is 16.2. The highest BCUT2D eigenvalue weighted by Gasteiger charge is 2.39. The molecule has 29 heavy (non-hydrogen) atoms. The minimum absolute atomic E-state index is 0.0652. The second-order valence-corrected chi connectivity index (χ2v) is 9.41. The van der Waals surface area contributed by atoms with Gasteiger partial charge in [-0.15, -0.1) is 11.3 Å². The zero-order valence-corrected chi connectivity index (χ0v) is 17.7. The second-order valence-electron chi connectivity index (χ2n) is 8.37. The van der Waals surface area contributed by atoms with Crippen LogP contribution in [0.15, 0.2) is 23.6 Å². The number of fused-ring (bicyclic) bond motifs is 1. The van der Waals surface area contributed by atoms with E-state index in [9.17, 15) is 13.6 Å². The molecular weight excluding hydrogens is 394 g/mol. The van der Waals surface area contributed by atoms with Crippen LogP contribution in [0.3, 0.4) is 0 Å². The molecule has 2 aliphatic heterocycles. The highest BCUT2D eigenvalue weighted by molar-refractivity contribution is 7.09. The molecule has 2 aromatic rings. The first-order chi connectivity index (χ1) is 13.9. The molecule has 2 aromatic heterocycles. The first-order valence-corrected chi connectivity index (χ1v) is 11.2. The minimum Gasteiger partial charge on any atom is -0.367 e. The Balaban J connectivity index is 1.43. The van der Waals surface area contributed by atoms with Gasteiger partial charge in [0.05, 0.1) is 5.69 Å². The summed E-state index contributed by atoms with van der Waals surface area (Å²) in [6, 6.07) is 4.93. The van der Waals surface area contributed by atoms with E-state index in [2.05, 4.69) is 16.5 Å². The van der Waals surface area contributed by atoms with Gasteiger partial charge in [-0.1, -0.05) is 13.0 Å². The predicted octanol–water partition coefficient (Wildman–Crippen LogP) is 4.36. The van der Waals surface area contributed by atoms with Crippen molar-refractivity contribution >= 4 is 23.1 Å². The molecule has 1 saturated heterocycles. The molecule has 0 radical (unpaired) electrons. The van der Waals surface area contributed by atoms with E-state index < -0.39 is 12.5 Å². The smallest absolute Gasteiger partial charge is 0.260 e. The quantitative estimate of drug-likeness (QED) is 0.779. The molecule has 5 nitrogen and oxygen atoms in total. The maximum absolute atomic E-state index is 13.7. The Morgan fingerprint density at radius 1 is 1.45 bits per heavy atom. The predicted molar refractivity (Wildman–Crippen MR) is 111 cm³/mol. The molecular formula is C21H28F2N4OS. The van der Waals surface area contributed by atoms with Crippen molar-refractivity contribution in [1.82, 2.24) is 14.7 Å². The number of aromatic nitrogens is 2. The van der Waals surface area contributed by atoms with E-state index in [1.54, 1.807) is 11.3 Å². The van der Waals surface area contributed by atoms with E-state index in [0.29, 0.717) is 18.8 Å². The Morgan fingerprint density at radius 2 is 2.28 bits per heavy atom. The van der Waals surface area contributed by atoms with Crippen molar-refractivity contribution in [3.63, 3.8) is 0 Å². The lowest BCUT2D eigenvalue weighted by Gasteiger charge is -2.41. The molecule has 0 bridgehead atoms. The van der Waals surface area contributed by atoms with Gasteiger partial charge in [0.2, 0.25) is 5.91 Å². The van der Waals surface area contributed by atoms with Gasteiger partial charge in [0.15, 0.2) is 0 Å². The maximum Gasteiger partial charge on any atom is 0.260 e. The summed E-state index contributed by atoms with van der Waals surface area (Å²) in [5.74, 6) is 0.945. The fourth-order valence-electron chi connectivity index (χ4n) is 4.67. The first kappa shape index (κ1) is 20.3. The van der Waals surface area contributed by atoms with E-state index in [-0.39, 0.29) is 23.8 Å². The average Bonchev–Trinajstić information content (AvgIpc) is 3.34. The number of aryl methyl sites for hydroxylation is 1. The number of carbonyl (C=O) groups is 1. The first-order valence-electron chi connectivity index (χ1n) is 10.3. The normalized spacial score (nSPS) is 25.6. The third-order valence-corrected chi connectivity index (χ3v) is 7.04. The summed E-state index contributed by atoms with van der Waals surface area (Å²) < 4.78 is 28.8. The van der Waals surface area contributed by atoms with Crippen LogP contribution in [0.2, 0.25) is 0 Å². The summed E-state index contributed by atoms with van der Waals surface area (Å²) >= 11 is 1.68. The number of amides is 1. The maximum atomic E-state index is 13.7. The number of nitrogens with zero attached hydrogens (tertiary/aromatic N) is 3. The molecule has 4 heterocycles. The monoisotopic (exact) mass is 422 g/mol. The Bertz CT molecular complexity index is 838. The van der Waals surface area contributed by atoms with Crippen molar-refractivity contribution in [2.75, 3.05) is 18.4 Å². The van der Waals surface area contributed by atoms with Gasteiger partial charge in [0, 0.05) is 36.0 Å². The van der Waals surface area contributed by atoms with Gasteiger partial charge in [-0.25, -0.2) is 13.5 Å². The van der Waals surface area contributed by atoms with Crippen LogP contribution in [-0.4, -0.2) is 46.1 Å². The van der Waals surface area contributed by atoms with Gasteiger partial charge >= 0.3 is 0 Å². The van der Waals surface area contributed by atoms with Gasteiger partial charge < -0.3 is 10.2 Å². The Hall–Kier alpha value is -1.96. The molecule has 0 spiro atoms. The van der Waals surface area contributed by atoms with Crippen LogP contribution in [-0.2, 0) is 11.2 Å². The lowest BCUT2D eigenvalue weighted by Crippen LogP contribution is -2.49. The molecule has 4 rings (SSSR count). The molecule has 1 amide bonds. The fourth-order valence-corrected chi connectivity index (χ4v) is 5.51. The van der Waals surface area contributed by atoms with E-state index in [0.717, 1.165) is 31.5 Å². The molecule has 1 fully saturated rings. The van der Waals surface area contributed by atoms with Crippen LogP contribution in [0.25, 0.3) is 0 Å². The highest BCUT2D eigenvalue weighted by atomic mass is 32.1. The highest BCUT2D eigenvalue weighted by Crippen LogP contribution is 2.36. The number of piperidine rings is 1. The number of alkyl halides is 2. The van der Waals surface area contributed by atoms with Crippen LogP contribution in [0.1, 0.15) is 42.8 Å². The van der Waals surface area contributed by atoms with Crippen molar-refractivity contribution < 1.29 is 13.6 Å². The van der Waals surface area contributed by atoms with Gasteiger partial charge in [0.1, 0.15) is 11.9 Å². The summed E-state index contributed by atoms with van der Waals surface area (Å²) in [6.45, 7) is 5.19. The average molecular weight is 423 g/mol. The number of halogens is 2. The van der Waals surface area contributed by atoms with E-state index >= 15 is 0 Å². The van der Waals surface area contributed by atoms with Crippen LogP contribution < -0.4 is 5.32 Å². The standard InChI is InChI=1S/C21H28F2N4OS/c1-13(9-16-6-4-8-29-16)21(28)26-7-3-5-15(12-26)17-11-18(20(22)23)27-19(24-17)10-14(2)25-27/h4,6,8,10,13,15,17-18,20,24H,3,5,7,9,11-12H2,1-2H3/t13-,15-,17-,18+/m0/s1. The molecule has 4 atom stereocenters. The van der Waals surface area contributed by atoms with Crippen molar-refractivity contribution in [3.8, 4) is 0 Å². The topological polar surface area (TPSA) is 50.2 Å².